The van der Waals surface area contributed by atoms with E-state index in [4.69, 9.17) is 5.73 Å². The third-order valence-corrected chi connectivity index (χ3v) is 6.38. The highest BCUT2D eigenvalue weighted by molar-refractivity contribution is 7.89. The van der Waals surface area contributed by atoms with Gasteiger partial charge in [-0.05, 0) is 36.1 Å². The normalized spacial score (nSPS) is 13.6. The van der Waals surface area contributed by atoms with Gasteiger partial charge in [-0.2, -0.15) is 4.31 Å². The summed E-state index contributed by atoms with van der Waals surface area (Å²) >= 11 is 0. The van der Waals surface area contributed by atoms with E-state index in [1.807, 2.05) is 0 Å². The van der Waals surface area contributed by atoms with E-state index in [0.29, 0.717) is 42.8 Å². The Kier molecular flexibility index (Phi) is 4.18. The van der Waals surface area contributed by atoms with Crippen LogP contribution in [-0.4, -0.2) is 35.8 Å². The van der Waals surface area contributed by atoms with E-state index in [2.05, 4.69) is 9.97 Å². The van der Waals surface area contributed by atoms with Gasteiger partial charge in [-0.25, -0.2) is 13.4 Å². The van der Waals surface area contributed by atoms with Gasteiger partial charge < -0.3 is 5.73 Å². The van der Waals surface area contributed by atoms with Crippen molar-refractivity contribution in [3.63, 3.8) is 0 Å². The number of nitrogens with two attached hydrogens (primary N) is 1. The Morgan fingerprint density at radius 1 is 1.25 bits per heavy atom. The van der Waals surface area contributed by atoms with Gasteiger partial charge in [-0.15, -0.1) is 0 Å². The first-order chi connectivity index (χ1) is 11.4. The smallest absolute Gasteiger partial charge is 0.260 e. The molecule has 3 rings (SSSR count). The summed E-state index contributed by atoms with van der Waals surface area (Å²) < 4.78 is 26.9. The van der Waals surface area contributed by atoms with Gasteiger partial charge in [0.25, 0.3) is 5.56 Å². The maximum Gasteiger partial charge on any atom is 0.260 e. The van der Waals surface area contributed by atoms with Crippen molar-refractivity contribution in [2.75, 3.05) is 18.8 Å². The largest absolute Gasteiger partial charge is 0.369 e. The van der Waals surface area contributed by atoms with Crippen LogP contribution in [0, 0.1) is 0 Å². The minimum atomic E-state index is -3.58. The lowest BCUT2D eigenvalue weighted by Crippen LogP contribution is -2.30. The van der Waals surface area contributed by atoms with Crippen LogP contribution in [-0.2, 0) is 22.9 Å². The van der Waals surface area contributed by atoms with Crippen molar-refractivity contribution in [1.82, 2.24) is 14.3 Å². The number of hydrogen-bond donors (Lipinski definition) is 2. The van der Waals surface area contributed by atoms with Crippen LogP contribution < -0.4 is 11.3 Å². The molecule has 0 bridgehead atoms. The number of nitrogens with one attached hydrogen (secondary N) is 1. The van der Waals surface area contributed by atoms with Gasteiger partial charge in [0.1, 0.15) is 0 Å². The molecule has 1 aliphatic carbocycles. The molecule has 0 radical (unpaired) electrons. The molecule has 3 N–H and O–H groups in total. The number of hydrogen-bond acceptors (Lipinski definition) is 5. The molecule has 0 atom stereocenters. The van der Waals surface area contributed by atoms with Crippen LogP contribution in [0.25, 0.3) is 11.1 Å². The third kappa shape index (κ3) is 2.61. The minimum Gasteiger partial charge on any atom is -0.369 e. The summed E-state index contributed by atoms with van der Waals surface area (Å²) in [6.45, 7) is 4.38. The molecule has 1 aromatic carbocycles. The van der Waals surface area contributed by atoms with Crippen molar-refractivity contribution >= 4 is 16.0 Å². The van der Waals surface area contributed by atoms with Crippen LogP contribution in [0.5, 0.6) is 0 Å². The van der Waals surface area contributed by atoms with Crippen LogP contribution in [0.2, 0.25) is 0 Å². The number of benzene rings is 1. The van der Waals surface area contributed by atoms with E-state index in [9.17, 15) is 13.2 Å². The number of nitrogen functional groups attached to an aromatic ring is 1. The summed E-state index contributed by atoms with van der Waals surface area (Å²) in [5.41, 5.74) is 7.87. The molecule has 24 heavy (non-hydrogen) atoms. The zero-order chi connectivity index (χ0) is 17.5. The van der Waals surface area contributed by atoms with Gasteiger partial charge in [0.2, 0.25) is 16.0 Å². The van der Waals surface area contributed by atoms with Crippen LogP contribution in [0.15, 0.2) is 27.9 Å². The average Bonchev–Trinajstić information content (AvgIpc) is 2.54. The Morgan fingerprint density at radius 2 is 1.96 bits per heavy atom. The van der Waals surface area contributed by atoms with E-state index < -0.39 is 10.0 Å². The van der Waals surface area contributed by atoms with Gasteiger partial charge in [-0.3, -0.25) is 9.78 Å². The molecule has 1 aliphatic rings. The number of aromatic amines is 1. The summed E-state index contributed by atoms with van der Waals surface area (Å²) in [7, 11) is -3.58. The molecule has 0 aliphatic heterocycles. The molecule has 0 saturated heterocycles. The van der Waals surface area contributed by atoms with Crippen molar-refractivity contribution < 1.29 is 8.42 Å². The van der Waals surface area contributed by atoms with Crippen molar-refractivity contribution in [1.29, 1.82) is 0 Å². The fraction of sp³-hybridized carbons (Fsp3) is 0.375. The van der Waals surface area contributed by atoms with Gasteiger partial charge >= 0.3 is 0 Å². The topological polar surface area (TPSA) is 109 Å². The number of rotatable bonds is 4. The second-order valence-corrected chi connectivity index (χ2v) is 7.62. The lowest BCUT2D eigenvalue weighted by molar-refractivity contribution is 0.445. The molecule has 1 aromatic heterocycles. The van der Waals surface area contributed by atoms with Crippen molar-refractivity contribution in [2.45, 2.75) is 31.6 Å². The molecule has 7 nitrogen and oxygen atoms in total. The first kappa shape index (κ1) is 16.7. The van der Waals surface area contributed by atoms with Gasteiger partial charge in [0, 0.05) is 13.1 Å². The Balaban J connectivity index is 2.20. The summed E-state index contributed by atoms with van der Waals surface area (Å²) in [5, 5.41) is 0. The first-order valence-electron chi connectivity index (χ1n) is 7.90. The molecule has 128 valence electrons. The van der Waals surface area contributed by atoms with Gasteiger partial charge in [0.05, 0.1) is 16.2 Å². The second kappa shape index (κ2) is 6.03. The molecule has 2 aromatic rings. The fourth-order valence-electron chi connectivity index (χ4n) is 3.13. The van der Waals surface area contributed by atoms with E-state index in [1.165, 1.54) is 4.31 Å². The fourth-order valence-corrected chi connectivity index (χ4v) is 4.61. The maximum atomic E-state index is 12.7. The van der Waals surface area contributed by atoms with E-state index >= 15 is 0 Å². The second-order valence-electron chi connectivity index (χ2n) is 5.68. The third-order valence-electron chi connectivity index (χ3n) is 4.34. The Labute approximate surface area is 140 Å². The molecule has 0 amide bonds. The zero-order valence-electron chi connectivity index (χ0n) is 13.7. The number of sulfonamides is 1. The summed E-state index contributed by atoms with van der Waals surface area (Å²) in [4.78, 5) is 19.2. The molecular formula is C16H20N4O3S. The number of fused-ring (bicyclic) bond motifs is 3. The maximum absolute atomic E-state index is 12.7. The highest BCUT2D eigenvalue weighted by atomic mass is 32.2. The monoisotopic (exact) mass is 348 g/mol. The van der Waals surface area contributed by atoms with Crippen LogP contribution in [0.3, 0.4) is 0 Å². The number of nitrogens with zero attached hydrogens (tertiary/aromatic N) is 2. The van der Waals surface area contributed by atoms with Gasteiger partial charge in [0.15, 0.2) is 0 Å². The molecule has 1 heterocycles. The van der Waals surface area contributed by atoms with E-state index in [-0.39, 0.29) is 16.4 Å². The molecule has 0 fully saturated rings. The average molecular weight is 348 g/mol. The van der Waals surface area contributed by atoms with Crippen LogP contribution in [0.4, 0.5) is 5.95 Å². The molecule has 0 unspecified atom stereocenters. The number of aryl methyl sites for hydroxylation is 2. The molecule has 8 heteroatoms. The first-order valence-corrected chi connectivity index (χ1v) is 9.34. The standard InChI is InChI=1S/C16H20N4O3S/c1-3-20(4-2)24(22,23)11-7-5-10-6-8-13-14(12(10)9-11)15(21)19-16(17)18-13/h5,7,9H,3-4,6,8H2,1-2H3,(H3,17,18,19,21). The highest BCUT2D eigenvalue weighted by Crippen LogP contribution is 2.32. The van der Waals surface area contributed by atoms with E-state index in [0.717, 1.165) is 5.56 Å². The van der Waals surface area contributed by atoms with Gasteiger partial charge in [-0.1, -0.05) is 19.9 Å². The van der Waals surface area contributed by atoms with Crippen LogP contribution >= 0.6 is 0 Å². The lowest BCUT2D eigenvalue weighted by Gasteiger charge is -2.22. The zero-order valence-corrected chi connectivity index (χ0v) is 14.5. The Bertz CT molecular complexity index is 946. The van der Waals surface area contributed by atoms with Crippen molar-refractivity contribution in [3.05, 3.63) is 39.8 Å². The number of anilines is 1. The van der Waals surface area contributed by atoms with E-state index in [1.54, 1.807) is 32.0 Å². The highest BCUT2D eigenvalue weighted by Gasteiger charge is 2.26. The summed E-state index contributed by atoms with van der Waals surface area (Å²) in [6.07, 6.45) is 1.31. The number of H-pyrrole nitrogens is 1. The quantitative estimate of drug-likeness (QED) is 0.861. The van der Waals surface area contributed by atoms with Crippen LogP contribution in [0.1, 0.15) is 25.1 Å². The minimum absolute atomic E-state index is 0.0779. The summed E-state index contributed by atoms with van der Waals surface area (Å²) in [5.74, 6) is 0.0779. The number of aromatic nitrogens is 2. The lowest BCUT2D eigenvalue weighted by atomic mass is 9.89. The predicted molar refractivity (Wildman–Crippen MR) is 92.2 cm³/mol. The SMILES string of the molecule is CCN(CC)S(=O)(=O)c1ccc2c(c1)-c1c(nc(N)[nH]c1=O)CC2. The molecular weight excluding hydrogens is 328 g/mol. The Morgan fingerprint density at radius 3 is 2.62 bits per heavy atom. The molecule has 0 saturated carbocycles. The molecule has 0 spiro atoms. The predicted octanol–water partition coefficient (Wildman–Crippen LogP) is 1.15. The summed E-state index contributed by atoms with van der Waals surface area (Å²) in [6, 6.07) is 4.97. The Hall–Kier alpha value is -2.19. The van der Waals surface area contributed by atoms with Crippen molar-refractivity contribution in [3.8, 4) is 11.1 Å². The van der Waals surface area contributed by atoms with Crippen molar-refractivity contribution in [2.24, 2.45) is 0 Å².